The van der Waals surface area contributed by atoms with Crippen LogP contribution < -0.4 is 5.32 Å². The molecule has 9 nitrogen and oxygen atoms in total. The van der Waals surface area contributed by atoms with Gasteiger partial charge in [-0.15, -0.1) is 0 Å². The minimum atomic E-state index is -0.733. The molecular formula is C41H38BrN3O6. The van der Waals surface area contributed by atoms with Crippen LogP contribution in [0.5, 0.6) is 0 Å². The van der Waals surface area contributed by atoms with Crippen LogP contribution in [0.3, 0.4) is 0 Å². The molecule has 0 saturated carbocycles. The van der Waals surface area contributed by atoms with Crippen LogP contribution in [0.25, 0.3) is 21.8 Å². The van der Waals surface area contributed by atoms with Crippen LogP contribution in [-0.2, 0) is 31.8 Å². The van der Waals surface area contributed by atoms with Crippen molar-refractivity contribution in [2.24, 2.45) is 0 Å². The summed E-state index contributed by atoms with van der Waals surface area (Å²) in [4.78, 5) is 42.8. The number of para-hydroxylation sites is 2. The van der Waals surface area contributed by atoms with Gasteiger partial charge in [-0.05, 0) is 78.2 Å². The highest BCUT2D eigenvalue weighted by atomic mass is 79.9. The van der Waals surface area contributed by atoms with Crippen molar-refractivity contribution in [3.8, 4) is 0 Å². The number of amides is 1. The van der Waals surface area contributed by atoms with Gasteiger partial charge in [0.25, 0.3) is 0 Å². The van der Waals surface area contributed by atoms with E-state index in [1.165, 1.54) is 0 Å². The van der Waals surface area contributed by atoms with Crippen molar-refractivity contribution in [1.82, 2.24) is 14.9 Å². The van der Waals surface area contributed by atoms with E-state index in [1.807, 2.05) is 91.3 Å². The number of carbonyl (C=O) groups excluding carboxylic acids is 3. The second-order valence-corrected chi connectivity index (χ2v) is 13.7. The number of aryl methyl sites for hydroxylation is 2. The highest BCUT2D eigenvalue weighted by Crippen LogP contribution is 2.40. The number of benzene rings is 4. The number of ether oxygens (including phenoxy) is 3. The summed E-state index contributed by atoms with van der Waals surface area (Å²) in [6.45, 7) is 4.28. The van der Waals surface area contributed by atoms with Crippen molar-refractivity contribution in [3.05, 3.63) is 141 Å². The number of aromatic amines is 1. The standard InChI is InChI=1S/C41H38BrN3O6/c1-25-11-15-27(16-12-25)40(47)49-24-36-35(51-41(48)28-17-13-26(2)14-18-28)22-38(50-36)45-34-10-6-4-8-31(34)32(39(45)42)21-37(46)43-20-19-29-23-44-33-9-5-3-7-30(29)33/h3-18,23,35-36,38,44H,19-22,24H2,1-2H3,(H,43,46)/t35-,36+,38+/m0/s1. The lowest BCUT2D eigenvalue weighted by Gasteiger charge is -2.19. The summed E-state index contributed by atoms with van der Waals surface area (Å²) in [6.07, 6.45) is 1.12. The van der Waals surface area contributed by atoms with E-state index in [-0.39, 0.29) is 18.9 Å². The molecule has 7 rings (SSSR count). The third-order valence-corrected chi connectivity index (χ3v) is 10.2. The summed E-state index contributed by atoms with van der Waals surface area (Å²) in [5.41, 5.74) is 6.81. The predicted octanol–water partition coefficient (Wildman–Crippen LogP) is 7.77. The molecular weight excluding hydrogens is 710 g/mol. The van der Waals surface area contributed by atoms with Gasteiger partial charge < -0.3 is 29.1 Å². The van der Waals surface area contributed by atoms with Gasteiger partial charge in [0.1, 0.15) is 25.0 Å². The Morgan fingerprint density at radius 3 is 2.24 bits per heavy atom. The van der Waals surface area contributed by atoms with E-state index in [0.29, 0.717) is 35.1 Å². The van der Waals surface area contributed by atoms with Crippen LogP contribution in [0.2, 0.25) is 0 Å². The molecule has 1 aliphatic heterocycles. The molecule has 260 valence electrons. The Morgan fingerprint density at radius 2 is 1.51 bits per heavy atom. The molecule has 0 spiro atoms. The zero-order valence-electron chi connectivity index (χ0n) is 28.4. The van der Waals surface area contributed by atoms with E-state index >= 15 is 0 Å². The Labute approximate surface area is 304 Å². The Bertz CT molecular complexity index is 2210. The van der Waals surface area contributed by atoms with Crippen molar-refractivity contribution in [1.29, 1.82) is 0 Å². The van der Waals surface area contributed by atoms with Crippen LogP contribution in [0.4, 0.5) is 0 Å². The molecule has 3 heterocycles. The van der Waals surface area contributed by atoms with Gasteiger partial charge in [-0.25, -0.2) is 9.59 Å². The number of aromatic nitrogens is 2. The molecule has 0 aliphatic carbocycles. The van der Waals surface area contributed by atoms with Gasteiger partial charge in [0, 0.05) is 41.0 Å². The van der Waals surface area contributed by atoms with Gasteiger partial charge in [0.05, 0.1) is 27.7 Å². The fourth-order valence-corrected chi connectivity index (χ4v) is 7.38. The van der Waals surface area contributed by atoms with E-state index in [4.69, 9.17) is 14.2 Å². The molecule has 4 aromatic carbocycles. The zero-order chi connectivity index (χ0) is 35.5. The number of carbonyl (C=O) groups is 3. The Kier molecular flexibility index (Phi) is 10.1. The zero-order valence-corrected chi connectivity index (χ0v) is 29.9. The van der Waals surface area contributed by atoms with Gasteiger partial charge >= 0.3 is 11.9 Å². The lowest BCUT2D eigenvalue weighted by molar-refractivity contribution is -0.120. The number of rotatable bonds is 11. The van der Waals surface area contributed by atoms with Gasteiger partial charge in [0.15, 0.2) is 0 Å². The summed E-state index contributed by atoms with van der Waals surface area (Å²) in [5.74, 6) is -1.08. The third-order valence-electron chi connectivity index (χ3n) is 9.36. The fraction of sp³-hybridized carbons (Fsp3) is 0.244. The Hall–Kier alpha value is -5.19. The highest BCUT2D eigenvalue weighted by Gasteiger charge is 2.41. The average molecular weight is 749 g/mol. The molecule has 6 aromatic rings. The maximum Gasteiger partial charge on any atom is 0.338 e. The van der Waals surface area contributed by atoms with Crippen LogP contribution >= 0.6 is 15.9 Å². The van der Waals surface area contributed by atoms with Crippen LogP contribution in [-0.4, -0.2) is 52.8 Å². The van der Waals surface area contributed by atoms with E-state index < -0.39 is 30.4 Å². The number of nitrogens with zero attached hydrogens (tertiary/aromatic N) is 1. The smallest absolute Gasteiger partial charge is 0.338 e. The SMILES string of the molecule is Cc1ccc(C(=O)OC[C@H]2O[C@@H](n3c(Br)c(CC(=O)NCCc4c[nH]c5ccccc45)c4ccccc43)C[C@@H]2OC(=O)c2ccc(C)cc2)cc1. The van der Waals surface area contributed by atoms with Crippen molar-refractivity contribution in [3.63, 3.8) is 0 Å². The van der Waals surface area contributed by atoms with Gasteiger partial charge in [-0.1, -0.05) is 71.8 Å². The molecule has 2 N–H and O–H groups in total. The van der Waals surface area contributed by atoms with E-state index in [1.54, 1.807) is 24.3 Å². The summed E-state index contributed by atoms with van der Waals surface area (Å²) >= 11 is 3.80. The van der Waals surface area contributed by atoms with Gasteiger partial charge in [0.2, 0.25) is 5.91 Å². The summed E-state index contributed by atoms with van der Waals surface area (Å²) in [7, 11) is 0. The first-order valence-corrected chi connectivity index (χ1v) is 17.8. The van der Waals surface area contributed by atoms with Crippen LogP contribution in [0, 0.1) is 13.8 Å². The van der Waals surface area contributed by atoms with E-state index in [2.05, 4.69) is 32.3 Å². The first-order chi connectivity index (χ1) is 24.7. The second-order valence-electron chi connectivity index (χ2n) is 12.9. The molecule has 1 saturated heterocycles. The fourth-order valence-electron chi connectivity index (χ4n) is 6.61. The normalized spacial score (nSPS) is 17.1. The molecule has 1 fully saturated rings. The number of hydrogen-bond acceptors (Lipinski definition) is 6. The topological polar surface area (TPSA) is 112 Å². The maximum absolute atomic E-state index is 13.3. The molecule has 2 aromatic heterocycles. The summed E-state index contributed by atoms with van der Waals surface area (Å²) in [6, 6.07) is 30.2. The number of fused-ring (bicyclic) bond motifs is 2. The van der Waals surface area contributed by atoms with Gasteiger partial charge in [-0.2, -0.15) is 0 Å². The number of hydrogen-bond donors (Lipinski definition) is 2. The Morgan fingerprint density at radius 1 is 0.863 bits per heavy atom. The summed E-state index contributed by atoms with van der Waals surface area (Å²) in [5, 5.41) is 5.14. The number of H-pyrrole nitrogens is 1. The third kappa shape index (κ3) is 7.48. The van der Waals surface area contributed by atoms with Crippen molar-refractivity contribution in [2.45, 2.75) is 51.5 Å². The molecule has 10 heteroatoms. The molecule has 1 aliphatic rings. The molecule has 0 unspecified atom stereocenters. The first kappa shape index (κ1) is 34.3. The monoisotopic (exact) mass is 747 g/mol. The molecule has 3 atom stereocenters. The molecule has 0 radical (unpaired) electrons. The number of esters is 2. The first-order valence-electron chi connectivity index (χ1n) is 17.0. The quantitative estimate of drug-likeness (QED) is 0.131. The minimum absolute atomic E-state index is 0.100. The predicted molar refractivity (Wildman–Crippen MR) is 199 cm³/mol. The number of halogens is 1. The average Bonchev–Trinajstić information content (AvgIpc) is 3.81. The van der Waals surface area contributed by atoms with E-state index in [9.17, 15) is 14.4 Å². The lowest BCUT2D eigenvalue weighted by Crippen LogP contribution is -2.32. The van der Waals surface area contributed by atoms with Crippen molar-refractivity contribution < 1.29 is 28.6 Å². The Balaban J connectivity index is 1.09. The van der Waals surface area contributed by atoms with E-state index in [0.717, 1.165) is 44.1 Å². The second kappa shape index (κ2) is 15.0. The van der Waals surface area contributed by atoms with Crippen LogP contribution in [0.15, 0.2) is 108 Å². The molecule has 51 heavy (non-hydrogen) atoms. The van der Waals surface area contributed by atoms with Crippen LogP contribution in [0.1, 0.15) is 55.6 Å². The van der Waals surface area contributed by atoms with Gasteiger partial charge in [-0.3, -0.25) is 4.79 Å². The van der Waals surface area contributed by atoms with Crippen molar-refractivity contribution in [2.75, 3.05) is 13.2 Å². The molecule has 0 bridgehead atoms. The summed E-state index contributed by atoms with van der Waals surface area (Å²) < 4.78 is 21.0. The molecule has 1 amide bonds. The highest BCUT2D eigenvalue weighted by molar-refractivity contribution is 9.10. The lowest BCUT2D eigenvalue weighted by atomic mass is 10.1. The largest absolute Gasteiger partial charge is 0.459 e. The van der Waals surface area contributed by atoms with Crippen molar-refractivity contribution >= 4 is 55.6 Å². The maximum atomic E-state index is 13.3. The minimum Gasteiger partial charge on any atom is -0.459 e. The number of nitrogens with one attached hydrogen (secondary N) is 2.